The van der Waals surface area contributed by atoms with Crippen LogP contribution in [0, 0.1) is 5.92 Å². The molecule has 2 heterocycles. The fraction of sp³-hybridized carbons (Fsp3) is 0.353. The Morgan fingerprint density at radius 1 is 1.46 bits per heavy atom. The van der Waals surface area contributed by atoms with Crippen molar-refractivity contribution >= 4 is 38.6 Å². The van der Waals surface area contributed by atoms with Gasteiger partial charge in [0.25, 0.3) is 0 Å². The third kappa shape index (κ3) is 3.21. The highest BCUT2D eigenvalue weighted by atomic mass is 79.9. The molecule has 0 saturated carbocycles. The topological polar surface area (TPSA) is 88.5 Å². The molecule has 0 spiro atoms. The molecule has 2 N–H and O–H groups in total. The second-order valence-corrected chi connectivity index (χ2v) is 6.69. The average molecular weight is 393 g/mol. The summed E-state index contributed by atoms with van der Waals surface area (Å²) < 4.78 is 6.55. The number of nitrogens with one attached hydrogen (secondary N) is 1. The van der Waals surface area contributed by atoms with Crippen molar-refractivity contribution in [1.29, 1.82) is 0 Å². The van der Waals surface area contributed by atoms with E-state index in [1.54, 1.807) is 18.3 Å². The standard InChI is InChI=1S/C17H17BrN2O4/c1-2-9-6-15(21)20-14(9)8-24-16-11-4-3-10(17(22)23)5-12(11)13(18)7-19-16/h3-5,7,9,14H,2,6,8H2,1H3,(H,20,21)(H,22,23)/t9-,14?/m1/s1. The third-order valence-corrected chi connectivity index (χ3v) is 4.97. The van der Waals surface area contributed by atoms with Crippen molar-refractivity contribution in [3.8, 4) is 5.88 Å². The van der Waals surface area contributed by atoms with Gasteiger partial charge in [0.15, 0.2) is 0 Å². The highest BCUT2D eigenvalue weighted by Gasteiger charge is 2.31. The zero-order valence-electron chi connectivity index (χ0n) is 13.1. The molecule has 1 unspecified atom stereocenters. The number of halogens is 1. The van der Waals surface area contributed by atoms with Crippen LogP contribution in [0.4, 0.5) is 0 Å². The highest BCUT2D eigenvalue weighted by Crippen LogP contribution is 2.31. The minimum Gasteiger partial charge on any atom is -0.478 e. The first-order valence-electron chi connectivity index (χ1n) is 7.73. The van der Waals surface area contributed by atoms with Crippen LogP contribution >= 0.6 is 15.9 Å². The van der Waals surface area contributed by atoms with Gasteiger partial charge in [0, 0.05) is 27.9 Å². The molecular formula is C17H17BrN2O4. The lowest BCUT2D eigenvalue weighted by Crippen LogP contribution is -2.34. The van der Waals surface area contributed by atoms with Crippen LogP contribution in [-0.4, -0.2) is 34.6 Å². The molecule has 1 aliphatic heterocycles. The summed E-state index contributed by atoms with van der Waals surface area (Å²) in [7, 11) is 0. The van der Waals surface area contributed by atoms with E-state index >= 15 is 0 Å². The molecule has 1 fully saturated rings. The molecule has 0 bridgehead atoms. The van der Waals surface area contributed by atoms with Crippen LogP contribution in [0.15, 0.2) is 28.9 Å². The largest absolute Gasteiger partial charge is 0.478 e. The average Bonchev–Trinajstić information content (AvgIpc) is 2.94. The van der Waals surface area contributed by atoms with E-state index in [1.807, 2.05) is 0 Å². The molecule has 7 heteroatoms. The van der Waals surface area contributed by atoms with Crippen molar-refractivity contribution < 1.29 is 19.4 Å². The van der Waals surface area contributed by atoms with Gasteiger partial charge in [-0.05, 0) is 40.0 Å². The Morgan fingerprint density at radius 2 is 2.25 bits per heavy atom. The number of fused-ring (bicyclic) bond motifs is 1. The van der Waals surface area contributed by atoms with E-state index < -0.39 is 5.97 Å². The van der Waals surface area contributed by atoms with Crippen molar-refractivity contribution in [2.75, 3.05) is 6.61 Å². The predicted molar refractivity (Wildman–Crippen MR) is 92.2 cm³/mol. The Kier molecular flexibility index (Phi) is 4.71. The van der Waals surface area contributed by atoms with Crippen molar-refractivity contribution in [2.24, 2.45) is 5.92 Å². The van der Waals surface area contributed by atoms with Gasteiger partial charge in [0.2, 0.25) is 11.8 Å². The minimum atomic E-state index is -0.984. The first-order chi connectivity index (χ1) is 11.5. The number of rotatable bonds is 5. The van der Waals surface area contributed by atoms with Gasteiger partial charge in [-0.25, -0.2) is 9.78 Å². The lowest BCUT2D eigenvalue weighted by Gasteiger charge is -2.18. The van der Waals surface area contributed by atoms with E-state index in [4.69, 9.17) is 9.84 Å². The van der Waals surface area contributed by atoms with Crippen LogP contribution in [0.1, 0.15) is 30.1 Å². The van der Waals surface area contributed by atoms with Gasteiger partial charge in [-0.15, -0.1) is 0 Å². The predicted octanol–water partition coefficient (Wildman–Crippen LogP) is 2.99. The number of ether oxygens (including phenoxy) is 1. The maximum atomic E-state index is 11.5. The Bertz CT molecular complexity index is 809. The van der Waals surface area contributed by atoms with E-state index in [2.05, 4.69) is 33.2 Å². The number of carbonyl (C=O) groups is 2. The number of carbonyl (C=O) groups excluding carboxylic acids is 1. The molecule has 1 saturated heterocycles. The Morgan fingerprint density at radius 3 is 2.96 bits per heavy atom. The molecule has 0 radical (unpaired) electrons. The maximum absolute atomic E-state index is 11.5. The molecule has 1 aromatic heterocycles. The summed E-state index contributed by atoms with van der Waals surface area (Å²) in [6, 6.07) is 4.78. The quantitative estimate of drug-likeness (QED) is 0.816. The van der Waals surface area contributed by atoms with Gasteiger partial charge >= 0.3 is 5.97 Å². The molecule has 1 aromatic carbocycles. The van der Waals surface area contributed by atoms with Gasteiger partial charge in [0.1, 0.15) is 6.61 Å². The van der Waals surface area contributed by atoms with Gasteiger partial charge in [-0.3, -0.25) is 4.79 Å². The number of aromatic carboxylic acids is 1. The summed E-state index contributed by atoms with van der Waals surface area (Å²) in [6.07, 6.45) is 3.03. The number of pyridine rings is 1. The number of hydrogen-bond donors (Lipinski definition) is 2. The summed E-state index contributed by atoms with van der Waals surface area (Å²) in [4.78, 5) is 27.0. The lowest BCUT2D eigenvalue weighted by molar-refractivity contribution is -0.119. The minimum absolute atomic E-state index is 0.0266. The Balaban J connectivity index is 1.86. The van der Waals surface area contributed by atoms with Crippen molar-refractivity contribution in [3.63, 3.8) is 0 Å². The zero-order valence-corrected chi connectivity index (χ0v) is 14.7. The monoisotopic (exact) mass is 392 g/mol. The number of carboxylic acid groups (broad SMARTS) is 1. The number of nitrogens with zero attached hydrogens (tertiary/aromatic N) is 1. The first-order valence-corrected chi connectivity index (χ1v) is 8.52. The van der Waals surface area contributed by atoms with Gasteiger partial charge in [-0.1, -0.05) is 13.3 Å². The SMILES string of the molecule is CC[C@@H]1CC(=O)NC1COc1ncc(Br)c2cc(C(=O)O)ccc12. The van der Waals surface area contributed by atoms with Crippen molar-refractivity contribution in [3.05, 3.63) is 34.4 Å². The number of hydrogen-bond acceptors (Lipinski definition) is 4. The van der Waals surface area contributed by atoms with Crippen molar-refractivity contribution in [2.45, 2.75) is 25.8 Å². The van der Waals surface area contributed by atoms with E-state index in [0.29, 0.717) is 23.4 Å². The molecule has 1 aliphatic rings. The second-order valence-electron chi connectivity index (χ2n) is 5.83. The molecule has 2 atom stereocenters. The second kappa shape index (κ2) is 6.76. The van der Waals surface area contributed by atoms with Crippen LogP contribution in [-0.2, 0) is 4.79 Å². The van der Waals surface area contributed by atoms with Gasteiger partial charge in [0.05, 0.1) is 11.6 Å². The normalized spacial score (nSPS) is 20.2. The molecular weight excluding hydrogens is 376 g/mol. The molecule has 3 rings (SSSR count). The summed E-state index contributed by atoms with van der Waals surface area (Å²) in [5.41, 5.74) is 0.203. The van der Waals surface area contributed by atoms with Crippen LogP contribution in [0.2, 0.25) is 0 Å². The zero-order chi connectivity index (χ0) is 17.3. The van der Waals surface area contributed by atoms with Crippen LogP contribution in [0.3, 0.4) is 0 Å². The lowest BCUT2D eigenvalue weighted by atomic mass is 9.98. The summed E-state index contributed by atoms with van der Waals surface area (Å²) >= 11 is 3.39. The van der Waals surface area contributed by atoms with Crippen molar-refractivity contribution in [1.82, 2.24) is 10.3 Å². The maximum Gasteiger partial charge on any atom is 0.335 e. The van der Waals surface area contributed by atoms with E-state index in [-0.39, 0.29) is 23.4 Å². The highest BCUT2D eigenvalue weighted by molar-refractivity contribution is 9.10. The number of benzene rings is 1. The molecule has 1 amide bonds. The third-order valence-electron chi connectivity index (χ3n) is 4.34. The van der Waals surface area contributed by atoms with E-state index in [1.165, 1.54) is 6.07 Å². The Labute approximate surface area is 147 Å². The molecule has 2 aromatic rings. The van der Waals surface area contributed by atoms with Gasteiger partial charge < -0.3 is 15.2 Å². The fourth-order valence-corrected chi connectivity index (χ4v) is 3.40. The summed E-state index contributed by atoms with van der Waals surface area (Å²) in [5.74, 6) is -0.239. The first kappa shape index (κ1) is 16.7. The molecule has 6 nitrogen and oxygen atoms in total. The smallest absolute Gasteiger partial charge is 0.335 e. The summed E-state index contributed by atoms with van der Waals surface area (Å²) in [5, 5.41) is 13.5. The van der Waals surface area contributed by atoms with E-state index in [9.17, 15) is 9.59 Å². The molecule has 126 valence electrons. The number of carboxylic acids is 1. The fourth-order valence-electron chi connectivity index (χ4n) is 2.97. The van der Waals surface area contributed by atoms with Crippen LogP contribution in [0.5, 0.6) is 5.88 Å². The van der Waals surface area contributed by atoms with E-state index in [0.717, 1.165) is 17.2 Å². The molecule has 0 aliphatic carbocycles. The molecule has 24 heavy (non-hydrogen) atoms. The van der Waals surface area contributed by atoms with Crippen LogP contribution < -0.4 is 10.1 Å². The number of aromatic nitrogens is 1. The number of amides is 1. The summed E-state index contributed by atoms with van der Waals surface area (Å²) in [6.45, 7) is 2.40. The van der Waals surface area contributed by atoms with Crippen LogP contribution in [0.25, 0.3) is 10.8 Å². The van der Waals surface area contributed by atoms with Gasteiger partial charge in [-0.2, -0.15) is 0 Å². The Hall–Kier alpha value is -2.15.